The Hall–Kier alpha value is -3.94. The zero-order valence-electron chi connectivity index (χ0n) is 19.1. The molecule has 1 unspecified atom stereocenters. The molecular weight excluding hydrogens is 460 g/mol. The summed E-state index contributed by atoms with van der Waals surface area (Å²) >= 11 is 1.50. The molecule has 2 N–H and O–H groups in total. The number of carbonyl (C=O) groups is 2. The van der Waals surface area contributed by atoms with Gasteiger partial charge in [0.15, 0.2) is 0 Å². The molecule has 0 fully saturated rings. The maximum atomic E-state index is 13.0. The first-order chi connectivity index (χ1) is 17.2. The van der Waals surface area contributed by atoms with Crippen LogP contribution < -0.4 is 15.4 Å². The average Bonchev–Trinajstić information content (AvgIpc) is 3.39. The molecule has 0 saturated carbocycles. The number of anilines is 1. The van der Waals surface area contributed by atoms with Gasteiger partial charge in [-0.2, -0.15) is 0 Å². The molecule has 178 valence electrons. The number of rotatable bonds is 11. The maximum Gasteiger partial charge on any atom is 0.249 e. The van der Waals surface area contributed by atoms with Crippen molar-refractivity contribution in [3.05, 3.63) is 113 Å². The van der Waals surface area contributed by atoms with Crippen molar-refractivity contribution in [2.24, 2.45) is 0 Å². The van der Waals surface area contributed by atoms with Crippen LogP contribution in [0, 0.1) is 0 Å². The second kappa shape index (κ2) is 12.5. The molecule has 0 bridgehead atoms. The number of nitrogens with one attached hydrogen (secondary N) is 2. The Morgan fingerprint density at radius 1 is 0.800 bits per heavy atom. The van der Waals surface area contributed by atoms with Gasteiger partial charge in [0.05, 0.1) is 19.6 Å². The molecule has 0 aliphatic rings. The number of hydrogen-bond acceptors (Lipinski definition) is 5. The predicted octanol–water partition coefficient (Wildman–Crippen LogP) is 5.42. The van der Waals surface area contributed by atoms with Gasteiger partial charge in [0.2, 0.25) is 11.8 Å². The molecule has 0 spiro atoms. The van der Waals surface area contributed by atoms with Crippen molar-refractivity contribution in [3.8, 4) is 11.5 Å². The average molecular weight is 487 g/mol. The number of benzene rings is 3. The lowest BCUT2D eigenvalue weighted by Crippen LogP contribution is -2.47. The minimum Gasteiger partial charge on any atom is -0.457 e. The van der Waals surface area contributed by atoms with Gasteiger partial charge in [-0.25, -0.2) is 0 Å². The molecule has 3 aromatic carbocycles. The molecule has 1 heterocycles. The van der Waals surface area contributed by atoms with Gasteiger partial charge in [-0.3, -0.25) is 9.59 Å². The van der Waals surface area contributed by atoms with Crippen LogP contribution in [0.1, 0.15) is 10.4 Å². The topological polar surface area (TPSA) is 76.7 Å². The monoisotopic (exact) mass is 486 g/mol. The first-order valence-electron chi connectivity index (χ1n) is 11.2. The number of ether oxygens (including phenoxy) is 2. The van der Waals surface area contributed by atoms with Crippen molar-refractivity contribution in [1.29, 1.82) is 0 Å². The highest BCUT2D eigenvalue weighted by Gasteiger charge is 2.22. The maximum absolute atomic E-state index is 13.0. The van der Waals surface area contributed by atoms with E-state index >= 15 is 0 Å². The molecule has 35 heavy (non-hydrogen) atoms. The van der Waals surface area contributed by atoms with Gasteiger partial charge in [-0.15, -0.1) is 11.3 Å². The summed E-state index contributed by atoms with van der Waals surface area (Å²) in [6.07, 6.45) is 0.214. The van der Waals surface area contributed by atoms with Gasteiger partial charge in [-0.1, -0.05) is 54.6 Å². The van der Waals surface area contributed by atoms with E-state index in [2.05, 4.69) is 10.6 Å². The van der Waals surface area contributed by atoms with Gasteiger partial charge in [0.25, 0.3) is 0 Å². The van der Waals surface area contributed by atoms with Crippen LogP contribution in [-0.2, 0) is 27.4 Å². The third-order valence-corrected chi connectivity index (χ3v) is 5.94. The highest BCUT2D eigenvalue weighted by Crippen LogP contribution is 2.22. The third kappa shape index (κ3) is 7.81. The summed E-state index contributed by atoms with van der Waals surface area (Å²) in [4.78, 5) is 26.5. The van der Waals surface area contributed by atoms with Gasteiger partial charge < -0.3 is 20.1 Å². The van der Waals surface area contributed by atoms with E-state index in [0.717, 1.165) is 16.2 Å². The zero-order valence-corrected chi connectivity index (χ0v) is 19.9. The number of thiophene rings is 1. The highest BCUT2D eigenvalue weighted by molar-refractivity contribution is 7.10. The van der Waals surface area contributed by atoms with Crippen molar-refractivity contribution in [3.63, 3.8) is 0 Å². The van der Waals surface area contributed by atoms with Crippen LogP contribution >= 0.6 is 11.3 Å². The predicted molar refractivity (Wildman–Crippen MR) is 138 cm³/mol. The van der Waals surface area contributed by atoms with Crippen molar-refractivity contribution < 1.29 is 19.1 Å². The fourth-order valence-corrected chi connectivity index (χ4v) is 4.03. The Morgan fingerprint density at radius 3 is 2.17 bits per heavy atom. The van der Waals surface area contributed by atoms with E-state index in [9.17, 15) is 9.59 Å². The van der Waals surface area contributed by atoms with Crippen LogP contribution in [0.25, 0.3) is 0 Å². The van der Waals surface area contributed by atoms with Gasteiger partial charge in [-0.05, 0) is 53.4 Å². The van der Waals surface area contributed by atoms with Crippen molar-refractivity contribution in [2.75, 3.05) is 11.9 Å². The van der Waals surface area contributed by atoms with Gasteiger partial charge in [0, 0.05) is 10.6 Å². The van der Waals surface area contributed by atoms with Crippen LogP contribution in [0.3, 0.4) is 0 Å². The summed E-state index contributed by atoms with van der Waals surface area (Å²) in [6.45, 7) is 0.392. The molecule has 1 atom stereocenters. The van der Waals surface area contributed by atoms with Gasteiger partial charge in [0.1, 0.15) is 17.5 Å². The number of para-hydroxylation sites is 1. The molecule has 4 rings (SSSR count). The highest BCUT2D eigenvalue weighted by atomic mass is 32.1. The fourth-order valence-electron chi connectivity index (χ4n) is 3.33. The minimum absolute atomic E-state index is 0.0477. The van der Waals surface area contributed by atoms with Crippen molar-refractivity contribution in [2.45, 2.75) is 19.1 Å². The first-order valence-corrected chi connectivity index (χ1v) is 12.1. The van der Waals surface area contributed by atoms with Crippen LogP contribution in [0.2, 0.25) is 0 Å². The lowest BCUT2D eigenvalue weighted by atomic mass is 10.2. The molecule has 7 heteroatoms. The lowest BCUT2D eigenvalue weighted by Gasteiger charge is -2.19. The summed E-state index contributed by atoms with van der Waals surface area (Å²) in [6, 6.07) is 29.2. The van der Waals surface area contributed by atoms with E-state index in [4.69, 9.17) is 9.47 Å². The van der Waals surface area contributed by atoms with Crippen molar-refractivity contribution >= 4 is 28.8 Å². The normalized spacial score (nSPS) is 11.4. The SMILES string of the molecule is O=C(Cc1cccs1)NC(COCc1ccccc1)C(=O)Nc1ccc(Oc2ccccc2)cc1. The lowest BCUT2D eigenvalue weighted by molar-refractivity contribution is -0.127. The third-order valence-electron chi connectivity index (χ3n) is 5.06. The second-order valence-electron chi connectivity index (χ2n) is 7.81. The summed E-state index contributed by atoms with van der Waals surface area (Å²) < 4.78 is 11.6. The molecule has 6 nitrogen and oxygen atoms in total. The van der Waals surface area contributed by atoms with Crippen LogP contribution in [0.5, 0.6) is 11.5 Å². The molecule has 0 aliphatic carbocycles. The molecule has 2 amide bonds. The summed E-state index contributed by atoms with van der Waals surface area (Å²) in [7, 11) is 0. The molecule has 1 aromatic heterocycles. The van der Waals surface area contributed by atoms with E-state index in [-0.39, 0.29) is 24.8 Å². The number of amides is 2. The Kier molecular flexibility index (Phi) is 8.64. The Bertz CT molecular complexity index is 1200. The Labute approximate surface area is 208 Å². The number of carbonyl (C=O) groups excluding carboxylic acids is 2. The van der Waals surface area contributed by atoms with E-state index in [1.54, 1.807) is 24.3 Å². The Balaban J connectivity index is 1.36. The quantitative estimate of drug-likeness (QED) is 0.297. The summed E-state index contributed by atoms with van der Waals surface area (Å²) in [5, 5.41) is 7.59. The van der Waals surface area contributed by atoms with Crippen LogP contribution in [0.4, 0.5) is 5.69 Å². The largest absolute Gasteiger partial charge is 0.457 e. The summed E-state index contributed by atoms with van der Waals surface area (Å²) in [5.41, 5.74) is 1.58. The van der Waals surface area contributed by atoms with Crippen LogP contribution in [0.15, 0.2) is 102 Å². The van der Waals surface area contributed by atoms with Crippen LogP contribution in [-0.4, -0.2) is 24.5 Å². The molecule has 0 aliphatic heterocycles. The van der Waals surface area contributed by atoms with E-state index < -0.39 is 6.04 Å². The first kappa shape index (κ1) is 24.2. The van der Waals surface area contributed by atoms with E-state index in [0.29, 0.717) is 18.0 Å². The molecule has 4 aromatic rings. The van der Waals surface area contributed by atoms with Gasteiger partial charge >= 0.3 is 0 Å². The standard InChI is InChI=1S/C28H26N2O4S/c31-27(18-25-12-7-17-35-25)30-26(20-33-19-21-8-3-1-4-9-21)28(32)29-22-13-15-24(16-14-22)34-23-10-5-2-6-11-23/h1-17,26H,18-20H2,(H,29,32)(H,30,31). The van der Waals surface area contributed by atoms with Crippen molar-refractivity contribution in [1.82, 2.24) is 5.32 Å². The second-order valence-corrected chi connectivity index (χ2v) is 8.84. The molecule has 0 saturated heterocycles. The molecular formula is C28H26N2O4S. The zero-order chi connectivity index (χ0) is 24.3. The number of hydrogen-bond donors (Lipinski definition) is 2. The minimum atomic E-state index is -0.841. The van der Waals surface area contributed by atoms with E-state index in [1.165, 1.54) is 11.3 Å². The smallest absolute Gasteiger partial charge is 0.249 e. The Morgan fingerprint density at radius 2 is 1.49 bits per heavy atom. The molecule has 0 radical (unpaired) electrons. The summed E-state index contributed by atoms with van der Waals surface area (Å²) in [5.74, 6) is 0.798. The van der Waals surface area contributed by atoms with E-state index in [1.807, 2.05) is 78.2 Å². The fraction of sp³-hybridized carbons (Fsp3) is 0.143.